The van der Waals surface area contributed by atoms with Gasteiger partial charge in [-0.05, 0) is 42.6 Å². The van der Waals surface area contributed by atoms with Gasteiger partial charge in [0.15, 0.2) is 0 Å². The lowest BCUT2D eigenvalue weighted by Gasteiger charge is -2.09. The summed E-state index contributed by atoms with van der Waals surface area (Å²) in [5, 5.41) is 6.77. The molecule has 0 unspecified atom stereocenters. The van der Waals surface area contributed by atoms with Crippen LogP contribution in [0.3, 0.4) is 0 Å². The van der Waals surface area contributed by atoms with E-state index in [9.17, 15) is 9.59 Å². The number of hydrogen-bond acceptors (Lipinski definition) is 2. The summed E-state index contributed by atoms with van der Waals surface area (Å²) in [5.74, 6) is -0.219. The fourth-order valence-electron chi connectivity index (χ4n) is 2.78. The number of aromatic nitrogens is 1. The van der Waals surface area contributed by atoms with Crippen LogP contribution in [0.25, 0.3) is 10.9 Å². The Morgan fingerprint density at radius 1 is 1.04 bits per heavy atom. The van der Waals surface area contributed by atoms with Crippen molar-refractivity contribution in [1.29, 1.82) is 0 Å². The minimum absolute atomic E-state index is 0.0779. The van der Waals surface area contributed by atoms with E-state index in [1.165, 1.54) is 0 Å². The summed E-state index contributed by atoms with van der Waals surface area (Å²) in [7, 11) is 0. The first-order valence-corrected chi connectivity index (χ1v) is 8.39. The Morgan fingerprint density at radius 3 is 2.72 bits per heavy atom. The highest BCUT2D eigenvalue weighted by molar-refractivity contribution is 5.97. The van der Waals surface area contributed by atoms with Crippen LogP contribution >= 0.6 is 0 Å². The fraction of sp³-hybridized carbons (Fsp3) is 0.200. The molecule has 0 aliphatic heterocycles. The lowest BCUT2D eigenvalue weighted by atomic mass is 10.2. The van der Waals surface area contributed by atoms with Gasteiger partial charge in [-0.2, -0.15) is 0 Å². The van der Waals surface area contributed by atoms with E-state index >= 15 is 0 Å². The van der Waals surface area contributed by atoms with Crippen LogP contribution in [-0.2, 0) is 11.3 Å². The second-order valence-corrected chi connectivity index (χ2v) is 5.81. The normalized spacial score (nSPS) is 10.6. The highest BCUT2D eigenvalue weighted by atomic mass is 16.2. The van der Waals surface area contributed by atoms with Crippen molar-refractivity contribution in [3.05, 3.63) is 66.4 Å². The van der Waals surface area contributed by atoms with Crippen molar-refractivity contribution in [2.75, 3.05) is 11.9 Å². The van der Waals surface area contributed by atoms with Crippen molar-refractivity contribution in [3.63, 3.8) is 0 Å². The number of carbonyl (C=O) groups is 2. The monoisotopic (exact) mass is 335 g/mol. The van der Waals surface area contributed by atoms with E-state index in [4.69, 9.17) is 0 Å². The molecule has 1 heterocycles. The van der Waals surface area contributed by atoms with Crippen molar-refractivity contribution in [1.82, 2.24) is 9.88 Å². The molecule has 0 spiro atoms. The zero-order valence-corrected chi connectivity index (χ0v) is 14.2. The van der Waals surface area contributed by atoms with E-state index in [-0.39, 0.29) is 11.8 Å². The van der Waals surface area contributed by atoms with Gasteiger partial charge in [-0.1, -0.05) is 24.3 Å². The lowest BCUT2D eigenvalue weighted by Crippen LogP contribution is -2.22. The summed E-state index contributed by atoms with van der Waals surface area (Å²) in [5.41, 5.74) is 2.29. The van der Waals surface area contributed by atoms with Gasteiger partial charge in [0.1, 0.15) is 0 Å². The maximum absolute atomic E-state index is 12.2. The van der Waals surface area contributed by atoms with Crippen LogP contribution in [-0.4, -0.2) is 22.9 Å². The van der Waals surface area contributed by atoms with Gasteiger partial charge < -0.3 is 15.2 Å². The van der Waals surface area contributed by atoms with Crippen LogP contribution < -0.4 is 10.6 Å². The van der Waals surface area contributed by atoms with E-state index < -0.39 is 0 Å². The molecule has 5 heteroatoms. The van der Waals surface area contributed by atoms with E-state index in [2.05, 4.69) is 21.3 Å². The quantitative estimate of drug-likeness (QED) is 0.725. The molecule has 128 valence electrons. The first-order valence-electron chi connectivity index (χ1n) is 8.39. The summed E-state index contributed by atoms with van der Waals surface area (Å²) in [6.07, 6.45) is 2.36. The minimum Gasteiger partial charge on any atom is -0.352 e. The molecule has 2 amide bonds. The maximum atomic E-state index is 12.2. The molecule has 0 bridgehead atoms. The summed E-state index contributed by atoms with van der Waals surface area (Å²) in [6.45, 7) is 3.05. The smallest absolute Gasteiger partial charge is 0.251 e. The van der Waals surface area contributed by atoms with Crippen molar-refractivity contribution in [2.45, 2.75) is 19.9 Å². The molecule has 25 heavy (non-hydrogen) atoms. The Morgan fingerprint density at radius 2 is 1.88 bits per heavy atom. The summed E-state index contributed by atoms with van der Waals surface area (Å²) >= 11 is 0. The fourth-order valence-corrected chi connectivity index (χ4v) is 2.78. The molecule has 0 aliphatic carbocycles. The van der Waals surface area contributed by atoms with Gasteiger partial charge in [-0.3, -0.25) is 9.59 Å². The van der Waals surface area contributed by atoms with Gasteiger partial charge in [0.25, 0.3) is 5.91 Å². The molecule has 1 aromatic heterocycles. The van der Waals surface area contributed by atoms with Gasteiger partial charge in [-0.25, -0.2) is 0 Å². The number of hydrogen-bond donors (Lipinski definition) is 2. The van der Waals surface area contributed by atoms with E-state index in [0.717, 1.165) is 10.9 Å². The van der Waals surface area contributed by atoms with Gasteiger partial charge in [0, 0.05) is 42.5 Å². The average Bonchev–Trinajstić information content (AvgIpc) is 3.04. The number of nitrogens with one attached hydrogen (secondary N) is 2. The molecule has 0 saturated carbocycles. The van der Waals surface area contributed by atoms with E-state index in [1.54, 1.807) is 24.3 Å². The molecule has 0 fully saturated rings. The van der Waals surface area contributed by atoms with Gasteiger partial charge in [0.05, 0.1) is 0 Å². The zero-order valence-electron chi connectivity index (χ0n) is 14.2. The maximum Gasteiger partial charge on any atom is 0.251 e. The van der Waals surface area contributed by atoms with Crippen molar-refractivity contribution >= 4 is 28.4 Å². The Bertz CT molecular complexity index is 899. The molecular formula is C20H21N3O2. The molecule has 2 N–H and O–H groups in total. The van der Waals surface area contributed by atoms with Gasteiger partial charge in [-0.15, -0.1) is 0 Å². The molecule has 3 rings (SSSR count). The SMILES string of the molecule is CCNC(=O)c1cccc(NC(=O)CCn2ccc3ccccc32)c1. The minimum atomic E-state index is -0.141. The second-order valence-electron chi connectivity index (χ2n) is 5.81. The third-order valence-corrected chi connectivity index (χ3v) is 4.01. The van der Waals surface area contributed by atoms with Crippen molar-refractivity contribution in [2.24, 2.45) is 0 Å². The highest BCUT2D eigenvalue weighted by Crippen LogP contribution is 2.16. The van der Waals surface area contributed by atoms with Gasteiger partial charge >= 0.3 is 0 Å². The molecule has 0 aliphatic rings. The first kappa shape index (κ1) is 16.8. The van der Waals surface area contributed by atoms with Crippen LogP contribution in [0.15, 0.2) is 60.8 Å². The number of amides is 2. The summed E-state index contributed by atoms with van der Waals surface area (Å²) < 4.78 is 2.07. The Kier molecular flexibility index (Phi) is 5.14. The number of rotatable bonds is 6. The number of benzene rings is 2. The summed E-state index contributed by atoms with van der Waals surface area (Å²) in [4.78, 5) is 24.1. The standard InChI is InChI=1S/C20H21N3O2/c1-2-21-20(25)16-7-5-8-17(14-16)22-19(24)11-13-23-12-10-15-6-3-4-9-18(15)23/h3-10,12,14H,2,11,13H2,1H3,(H,21,25)(H,22,24). The number of fused-ring (bicyclic) bond motifs is 1. The van der Waals surface area contributed by atoms with E-state index in [1.807, 2.05) is 37.4 Å². The Labute approximate surface area is 146 Å². The third-order valence-electron chi connectivity index (χ3n) is 4.01. The van der Waals surface area contributed by atoms with Crippen LogP contribution in [0.1, 0.15) is 23.7 Å². The predicted octanol–water partition coefficient (Wildman–Crippen LogP) is 3.42. The van der Waals surface area contributed by atoms with Gasteiger partial charge in [0.2, 0.25) is 5.91 Å². The zero-order chi connectivity index (χ0) is 17.6. The van der Waals surface area contributed by atoms with Crippen LogP contribution in [0, 0.1) is 0 Å². The van der Waals surface area contributed by atoms with Crippen molar-refractivity contribution in [3.8, 4) is 0 Å². The number of anilines is 1. The predicted molar refractivity (Wildman–Crippen MR) is 99.6 cm³/mol. The second kappa shape index (κ2) is 7.66. The number of nitrogens with zero attached hydrogens (tertiary/aromatic N) is 1. The van der Waals surface area contributed by atoms with Crippen molar-refractivity contribution < 1.29 is 9.59 Å². The molecule has 0 radical (unpaired) electrons. The highest BCUT2D eigenvalue weighted by Gasteiger charge is 2.08. The molecule has 0 atom stereocenters. The number of aryl methyl sites for hydroxylation is 1. The molecule has 5 nitrogen and oxygen atoms in total. The molecule has 2 aromatic carbocycles. The summed E-state index contributed by atoms with van der Waals surface area (Å²) in [6, 6.07) is 17.1. The first-order chi connectivity index (χ1) is 12.2. The molecule has 3 aromatic rings. The number of para-hydroxylation sites is 1. The number of carbonyl (C=O) groups excluding carboxylic acids is 2. The van der Waals surface area contributed by atoms with E-state index in [0.29, 0.717) is 30.8 Å². The Hall–Kier alpha value is -3.08. The third kappa shape index (κ3) is 4.07. The van der Waals surface area contributed by atoms with Crippen LogP contribution in [0.5, 0.6) is 0 Å². The average molecular weight is 335 g/mol. The molecular weight excluding hydrogens is 314 g/mol. The molecule has 0 saturated heterocycles. The Balaban J connectivity index is 1.61. The topological polar surface area (TPSA) is 63.1 Å². The van der Waals surface area contributed by atoms with Crippen LogP contribution in [0.2, 0.25) is 0 Å². The largest absolute Gasteiger partial charge is 0.352 e. The lowest BCUT2D eigenvalue weighted by molar-refractivity contribution is -0.116. The van der Waals surface area contributed by atoms with Crippen LogP contribution in [0.4, 0.5) is 5.69 Å².